The third-order valence-electron chi connectivity index (χ3n) is 4.02. The van der Waals surface area contributed by atoms with Crippen molar-refractivity contribution in [3.63, 3.8) is 0 Å². The van der Waals surface area contributed by atoms with Gasteiger partial charge in [0.15, 0.2) is 5.78 Å². The van der Waals surface area contributed by atoms with Gasteiger partial charge in [-0.3, -0.25) is 4.79 Å². The fourth-order valence-corrected chi connectivity index (χ4v) is 2.87. The van der Waals surface area contributed by atoms with E-state index < -0.39 is 5.82 Å². The number of benzene rings is 2. The Kier molecular flexibility index (Phi) is 2.94. The van der Waals surface area contributed by atoms with Crippen LogP contribution in [-0.4, -0.2) is 22.4 Å². The number of rotatable bonds is 2. The van der Waals surface area contributed by atoms with Crippen LogP contribution in [0.25, 0.3) is 17.0 Å². The zero-order valence-corrected chi connectivity index (χ0v) is 12.1. The van der Waals surface area contributed by atoms with Gasteiger partial charge in [-0.05, 0) is 30.3 Å². The summed E-state index contributed by atoms with van der Waals surface area (Å²) in [7, 11) is 0. The molecule has 0 fully saturated rings. The Morgan fingerprint density at radius 1 is 1.17 bits per heavy atom. The van der Waals surface area contributed by atoms with Crippen molar-refractivity contribution >= 4 is 28.6 Å². The standard InChI is InChI=1S/C18H13FN2O2/c19-11-5-6-16(22)14(8-11)17(23)10-7-13-12-3-1-2-4-15(12)21-18(13)20-9-10/h1-8,20-22H,9H2. The van der Waals surface area contributed by atoms with E-state index in [9.17, 15) is 14.3 Å². The molecule has 3 aromatic rings. The fourth-order valence-electron chi connectivity index (χ4n) is 2.87. The minimum absolute atomic E-state index is 0.0265. The lowest BCUT2D eigenvalue weighted by Gasteiger charge is -2.15. The molecule has 1 aliphatic heterocycles. The summed E-state index contributed by atoms with van der Waals surface area (Å²) in [5, 5.41) is 14.0. The predicted octanol–water partition coefficient (Wildman–Crippen LogP) is 3.70. The smallest absolute Gasteiger partial charge is 0.194 e. The van der Waals surface area contributed by atoms with Crippen molar-refractivity contribution in [2.45, 2.75) is 0 Å². The fraction of sp³-hybridized carbons (Fsp3) is 0.0556. The lowest BCUT2D eigenvalue weighted by atomic mass is 9.97. The van der Waals surface area contributed by atoms with Crippen molar-refractivity contribution in [2.24, 2.45) is 0 Å². The van der Waals surface area contributed by atoms with Crippen LogP contribution < -0.4 is 5.32 Å². The predicted molar refractivity (Wildman–Crippen MR) is 87.2 cm³/mol. The summed E-state index contributed by atoms with van der Waals surface area (Å²) in [6.45, 7) is 0.314. The molecule has 2 heterocycles. The molecule has 0 radical (unpaired) electrons. The Labute approximate surface area is 131 Å². The first-order chi connectivity index (χ1) is 11.1. The van der Waals surface area contributed by atoms with Crippen LogP contribution in [0.3, 0.4) is 0 Å². The number of aromatic hydroxyl groups is 1. The number of anilines is 1. The zero-order chi connectivity index (χ0) is 16.0. The first-order valence-electron chi connectivity index (χ1n) is 7.22. The number of hydrogen-bond acceptors (Lipinski definition) is 3. The molecule has 23 heavy (non-hydrogen) atoms. The molecule has 0 unspecified atom stereocenters. The molecule has 0 spiro atoms. The molecule has 4 nitrogen and oxygen atoms in total. The highest BCUT2D eigenvalue weighted by atomic mass is 19.1. The van der Waals surface area contributed by atoms with E-state index in [0.717, 1.165) is 34.4 Å². The number of aromatic nitrogens is 1. The first kappa shape index (κ1) is 13.6. The van der Waals surface area contributed by atoms with Gasteiger partial charge in [-0.15, -0.1) is 0 Å². The number of H-pyrrole nitrogens is 1. The minimum Gasteiger partial charge on any atom is -0.507 e. The Morgan fingerprint density at radius 2 is 2.00 bits per heavy atom. The molecular formula is C18H13FN2O2. The topological polar surface area (TPSA) is 65.1 Å². The van der Waals surface area contributed by atoms with Gasteiger partial charge in [0, 0.05) is 28.6 Å². The van der Waals surface area contributed by atoms with Gasteiger partial charge in [-0.2, -0.15) is 0 Å². The first-order valence-corrected chi connectivity index (χ1v) is 7.22. The number of para-hydroxylation sites is 1. The van der Waals surface area contributed by atoms with Gasteiger partial charge in [-0.1, -0.05) is 18.2 Å². The molecule has 0 bridgehead atoms. The van der Waals surface area contributed by atoms with Gasteiger partial charge in [0.25, 0.3) is 0 Å². The van der Waals surface area contributed by atoms with E-state index in [1.807, 2.05) is 24.3 Å². The maximum absolute atomic E-state index is 13.4. The lowest BCUT2D eigenvalue weighted by Crippen LogP contribution is -2.17. The Bertz CT molecular complexity index is 972. The molecule has 0 saturated carbocycles. The number of nitrogens with one attached hydrogen (secondary N) is 2. The van der Waals surface area contributed by atoms with Crippen molar-refractivity contribution in [1.82, 2.24) is 4.98 Å². The van der Waals surface area contributed by atoms with E-state index in [2.05, 4.69) is 10.3 Å². The molecule has 4 rings (SSSR count). The van der Waals surface area contributed by atoms with Crippen LogP contribution in [0.1, 0.15) is 15.9 Å². The van der Waals surface area contributed by atoms with Crippen LogP contribution in [0, 0.1) is 5.82 Å². The number of aromatic amines is 1. The minimum atomic E-state index is -0.552. The van der Waals surface area contributed by atoms with Crippen molar-refractivity contribution in [3.8, 4) is 5.75 Å². The molecule has 0 atom stereocenters. The molecule has 1 aliphatic rings. The second-order valence-electron chi connectivity index (χ2n) is 5.47. The van der Waals surface area contributed by atoms with Gasteiger partial charge < -0.3 is 15.4 Å². The number of carbonyl (C=O) groups excluding carboxylic acids is 1. The summed E-state index contributed by atoms with van der Waals surface area (Å²) < 4.78 is 13.4. The summed E-state index contributed by atoms with van der Waals surface area (Å²) in [5.74, 6) is -0.304. The van der Waals surface area contributed by atoms with Crippen LogP contribution in [0.5, 0.6) is 5.75 Å². The maximum atomic E-state index is 13.4. The van der Waals surface area contributed by atoms with Crippen molar-refractivity contribution in [3.05, 3.63) is 65.0 Å². The van der Waals surface area contributed by atoms with Crippen LogP contribution in [0.2, 0.25) is 0 Å². The number of phenolic OH excluding ortho intramolecular Hbond substituents is 1. The number of carbonyl (C=O) groups is 1. The third kappa shape index (κ3) is 2.17. The largest absolute Gasteiger partial charge is 0.507 e. The molecule has 2 aromatic carbocycles. The zero-order valence-electron chi connectivity index (χ0n) is 12.1. The van der Waals surface area contributed by atoms with Crippen LogP contribution in [0.4, 0.5) is 10.2 Å². The maximum Gasteiger partial charge on any atom is 0.194 e. The Morgan fingerprint density at radius 3 is 2.87 bits per heavy atom. The normalized spacial score (nSPS) is 13.3. The summed E-state index contributed by atoms with van der Waals surface area (Å²) in [6.07, 6.45) is 1.79. The van der Waals surface area contributed by atoms with E-state index in [1.165, 1.54) is 6.07 Å². The van der Waals surface area contributed by atoms with Crippen molar-refractivity contribution in [1.29, 1.82) is 0 Å². The Hall–Kier alpha value is -3.08. The molecule has 0 aliphatic carbocycles. The highest BCUT2D eigenvalue weighted by Gasteiger charge is 2.22. The van der Waals surface area contributed by atoms with E-state index in [0.29, 0.717) is 12.1 Å². The summed E-state index contributed by atoms with van der Waals surface area (Å²) >= 11 is 0. The van der Waals surface area contributed by atoms with Gasteiger partial charge in [0.2, 0.25) is 0 Å². The highest BCUT2D eigenvalue weighted by molar-refractivity contribution is 6.15. The van der Waals surface area contributed by atoms with Gasteiger partial charge in [0.1, 0.15) is 17.4 Å². The monoisotopic (exact) mass is 308 g/mol. The molecule has 0 saturated heterocycles. The lowest BCUT2D eigenvalue weighted by molar-refractivity contribution is 0.103. The third-order valence-corrected chi connectivity index (χ3v) is 4.02. The van der Waals surface area contributed by atoms with Crippen molar-refractivity contribution in [2.75, 3.05) is 11.9 Å². The highest BCUT2D eigenvalue weighted by Crippen LogP contribution is 2.32. The average Bonchev–Trinajstić information content (AvgIpc) is 2.94. The number of hydrogen-bond donors (Lipinski definition) is 3. The van der Waals surface area contributed by atoms with E-state index in [4.69, 9.17) is 0 Å². The molecule has 1 aromatic heterocycles. The van der Waals surface area contributed by atoms with Crippen LogP contribution in [-0.2, 0) is 0 Å². The average molecular weight is 308 g/mol. The second kappa shape index (κ2) is 4.98. The molecule has 114 valence electrons. The number of fused-ring (bicyclic) bond motifs is 3. The second-order valence-corrected chi connectivity index (χ2v) is 5.47. The molecular weight excluding hydrogens is 295 g/mol. The molecule has 3 N–H and O–H groups in total. The van der Waals surface area contributed by atoms with Crippen LogP contribution >= 0.6 is 0 Å². The summed E-state index contributed by atoms with van der Waals surface area (Å²) in [6, 6.07) is 11.2. The quantitative estimate of drug-likeness (QED) is 0.632. The Balaban J connectivity index is 1.81. The van der Waals surface area contributed by atoms with Gasteiger partial charge >= 0.3 is 0 Å². The SMILES string of the molecule is O=C(C1=Cc2c([nH]c3ccccc23)NC1)c1cc(F)ccc1O. The van der Waals surface area contributed by atoms with Gasteiger partial charge in [0.05, 0.1) is 5.56 Å². The van der Waals surface area contributed by atoms with E-state index in [-0.39, 0.29) is 17.1 Å². The van der Waals surface area contributed by atoms with E-state index in [1.54, 1.807) is 6.08 Å². The molecule has 0 amide bonds. The number of phenols is 1. The van der Waals surface area contributed by atoms with Crippen LogP contribution in [0.15, 0.2) is 48.0 Å². The summed E-state index contributed by atoms with van der Waals surface area (Å²) in [5.41, 5.74) is 2.32. The van der Waals surface area contributed by atoms with Gasteiger partial charge in [-0.25, -0.2) is 4.39 Å². The van der Waals surface area contributed by atoms with E-state index >= 15 is 0 Å². The number of ketones is 1. The number of Topliss-reactive ketones (excluding diaryl/α,β-unsaturated/α-hetero) is 1. The molecule has 5 heteroatoms. The number of halogens is 1. The summed E-state index contributed by atoms with van der Waals surface area (Å²) in [4.78, 5) is 15.9. The van der Waals surface area contributed by atoms with Crippen molar-refractivity contribution < 1.29 is 14.3 Å².